The second-order valence-electron chi connectivity index (χ2n) is 4.55. The quantitative estimate of drug-likeness (QED) is 0.564. The molecule has 0 saturated carbocycles. The number of carboxylic acid groups (broad SMARTS) is 1. The Morgan fingerprint density at radius 3 is 2.89 bits per heavy atom. The van der Waals surface area contributed by atoms with E-state index in [9.17, 15) is 4.79 Å². The second-order valence-corrected chi connectivity index (χ2v) is 4.55. The molecule has 1 aromatic heterocycles. The number of pyridine rings is 1. The zero-order chi connectivity index (χ0) is 13.2. The van der Waals surface area contributed by atoms with Crippen molar-refractivity contribution in [2.75, 3.05) is 0 Å². The Labute approximate surface area is 109 Å². The van der Waals surface area contributed by atoms with E-state index in [1.807, 2.05) is 12.3 Å². The van der Waals surface area contributed by atoms with E-state index in [1.165, 1.54) is 11.1 Å². The zero-order valence-corrected chi connectivity index (χ0v) is 10.9. The standard InChI is InChI=1S/C15H21NO2/c1-13(6-3-2-4-8-15(17)18)9-10-14-7-5-11-16-12-14/h5-7,11-12H,2-4,8-10H2,1H3,(H,17,18)/b13-6+. The van der Waals surface area contributed by atoms with Crippen LogP contribution in [0.3, 0.4) is 0 Å². The predicted octanol–water partition coefficient (Wildman–Crippen LogP) is 3.61. The lowest BCUT2D eigenvalue weighted by Crippen LogP contribution is -1.93. The molecule has 0 unspecified atom stereocenters. The van der Waals surface area contributed by atoms with Gasteiger partial charge in [-0.1, -0.05) is 17.7 Å². The fraction of sp³-hybridized carbons (Fsp3) is 0.467. The van der Waals surface area contributed by atoms with E-state index in [0.29, 0.717) is 0 Å². The molecule has 18 heavy (non-hydrogen) atoms. The summed E-state index contributed by atoms with van der Waals surface area (Å²) in [6.45, 7) is 2.13. The van der Waals surface area contributed by atoms with Crippen molar-refractivity contribution >= 4 is 5.97 Å². The van der Waals surface area contributed by atoms with Crippen molar-refractivity contribution in [2.24, 2.45) is 0 Å². The number of carboxylic acids is 1. The maximum Gasteiger partial charge on any atom is 0.303 e. The van der Waals surface area contributed by atoms with Gasteiger partial charge in [0.1, 0.15) is 0 Å². The summed E-state index contributed by atoms with van der Waals surface area (Å²) < 4.78 is 0. The van der Waals surface area contributed by atoms with E-state index in [1.54, 1.807) is 6.20 Å². The molecule has 1 N–H and O–H groups in total. The van der Waals surface area contributed by atoms with Crippen molar-refractivity contribution in [1.29, 1.82) is 0 Å². The average molecular weight is 247 g/mol. The van der Waals surface area contributed by atoms with Crippen LogP contribution in [0.4, 0.5) is 0 Å². The number of unbranched alkanes of at least 4 members (excludes halogenated alkanes) is 2. The van der Waals surface area contributed by atoms with Gasteiger partial charge in [-0.25, -0.2) is 0 Å². The summed E-state index contributed by atoms with van der Waals surface area (Å²) in [5, 5.41) is 8.51. The summed E-state index contributed by atoms with van der Waals surface area (Å²) in [7, 11) is 0. The SMILES string of the molecule is C/C(=C\CCCCC(=O)O)CCc1cccnc1. The molecule has 0 aliphatic heterocycles. The van der Waals surface area contributed by atoms with Gasteiger partial charge < -0.3 is 5.11 Å². The highest BCUT2D eigenvalue weighted by Gasteiger charge is 1.96. The molecular formula is C15H21NO2. The topological polar surface area (TPSA) is 50.2 Å². The monoisotopic (exact) mass is 247 g/mol. The van der Waals surface area contributed by atoms with E-state index in [4.69, 9.17) is 5.11 Å². The number of aliphatic carboxylic acids is 1. The van der Waals surface area contributed by atoms with Crippen molar-refractivity contribution in [3.8, 4) is 0 Å². The smallest absolute Gasteiger partial charge is 0.303 e. The number of rotatable bonds is 8. The first kappa shape index (κ1) is 14.4. The molecule has 0 bridgehead atoms. The van der Waals surface area contributed by atoms with Crippen molar-refractivity contribution in [3.05, 3.63) is 41.7 Å². The molecule has 0 fully saturated rings. The van der Waals surface area contributed by atoms with Gasteiger partial charge in [0.05, 0.1) is 0 Å². The average Bonchev–Trinajstić information content (AvgIpc) is 2.37. The van der Waals surface area contributed by atoms with Crippen molar-refractivity contribution in [1.82, 2.24) is 4.98 Å². The fourth-order valence-electron chi connectivity index (χ4n) is 1.76. The number of hydrogen-bond acceptors (Lipinski definition) is 2. The van der Waals surface area contributed by atoms with Gasteiger partial charge in [-0.15, -0.1) is 0 Å². The Morgan fingerprint density at radius 2 is 2.22 bits per heavy atom. The van der Waals surface area contributed by atoms with Crippen molar-refractivity contribution < 1.29 is 9.90 Å². The van der Waals surface area contributed by atoms with Crippen LogP contribution in [0.15, 0.2) is 36.2 Å². The summed E-state index contributed by atoms with van der Waals surface area (Å²) in [6, 6.07) is 4.05. The van der Waals surface area contributed by atoms with Crippen LogP contribution < -0.4 is 0 Å². The molecule has 0 spiro atoms. The molecule has 0 aliphatic carbocycles. The highest BCUT2D eigenvalue weighted by Crippen LogP contribution is 2.10. The van der Waals surface area contributed by atoms with E-state index in [-0.39, 0.29) is 6.42 Å². The van der Waals surface area contributed by atoms with E-state index in [2.05, 4.69) is 24.1 Å². The lowest BCUT2D eigenvalue weighted by atomic mass is 10.1. The highest BCUT2D eigenvalue weighted by molar-refractivity contribution is 5.66. The van der Waals surface area contributed by atoms with Gasteiger partial charge in [0.15, 0.2) is 0 Å². The molecule has 0 atom stereocenters. The molecule has 1 aromatic rings. The van der Waals surface area contributed by atoms with Crippen molar-refractivity contribution in [3.63, 3.8) is 0 Å². The Kier molecular flexibility index (Phi) is 6.77. The number of aromatic nitrogens is 1. The molecule has 0 aromatic carbocycles. The maximum absolute atomic E-state index is 10.3. The first-order chi connectivity index (χ1) is 8.68. The van der Waals surface area contributed by atoms with Gasteiger partial charge in [0.25, 0.3) is 0 Å². The Morgan fingerprint density at radius 1 is 1.39 bits per heavy atom. The van der Waals surface area contributed by atoms with Crippen LogP contribution in [0.5, 0.6) is 0 Å². The van der Waals surface area contributed by atoms with Gasteiger partial charge in [0.2, 0.25) is 0 Å². The zero-order valence-electron chi connectivity index (χ0n) is 10.9. The molecule has 3 heteroatoms. The largest absolute Gasteiger partial charge is 0.481 e. The second kappa shape index (κ2) is 8.45. The van der Waals surface area contributed by atoms with E-state index >= 15 is 0 Å². The molecule has 0 amide bonds. The predicted molar refractivity (Wildman–Crippen MR) is 72.4 cm³/mol. The minimum Gasteiger partial charge on any atom is -0.481 e. The Bertz CT molecular complexity index is 385. The third-order valence-corrected chi connectivity index (χ3v) is 2.87. The van der Waals surface area contributed by atoms with E-state index < -0.39 is 5.97 Å². The summed E-state index contributed by atoms with van der Waals surface area (Å²) >= 11 is 0. The number of allylic oxidation sites excluding steroid dienone is 2. The lowest BCUT2D eigenvalue weighted by Gasteiger charge is -2.02. The minimum atomic E-state index is -0.702. The number of aryl methyl sites for hydroxylation is 1. The molecule has 98 valence electrons. The molecule has 1 rings (SSSR count). The number of hydrogen-bond donors (Lipinski definition) is 1. The van der Waals surface area contributed by atoms with E-state index in [0.717, 1.165) is 32.1 Å². The Hall–Kier alpha value is -1.64. The molecule has 1 heterocycles. The van der Waals surface area contributed by atoms with Crippen LogP contribution in [0.1, 0.15) is 44.6 Å². The van der Waals surface area contributed by atoms with Crippen LogP contribution in [-0.2, 0) is 11.2 Å². The first-order valence-corrected chi connectivity index (χ1v) is 6.45. The summed E-state index contributed by atoms with van der Waals surface area (Å²) in [4.78, 5) is 14.4. The first-order valence-electron chi connectivity index (χ1n) is 6.45. The molecule has 0 aliphatic rings. The van der Waals surface area contributed by atoms with Crippen LogP contribution in [0.2, 0.25) is 0 Å². The van der Waals surface area contributed by atoms with Gasteiger partial charge in [0, 0.05) is 18.8 Å². The summed E-state index contributed by atoms with van der Waals surface area (Å²) in [5.74, 6) is -0.702. The summed E-state index contributed by atoms with van der Waals surface area (Å²) in [6.07, 6.45) is 11.0. The van der Waals surface area contributed by atoms with Crippen LogP contribution >= 0.6 is 0 Å². The maximum atomic E-state index is 10.3. The van der Waals surface area contributed by atoms with Crippen LogP contribution in [0.25, 0.3) is 0 Å². The normalized spacial score (nSPS) is 11.5. The number of nitrogens with zero attached hydrogens (tertiary/aromatic N) is 1. The van der Waals surface area contributed by atoms with Crippen molar-refractivity contribution in [2.45, 2.75) is 45.4 Å². The highest BCUT2D eigenvalue weighted by atomic mass is 16.4. The van der Waals surface area contributed by atoms with Gasteiger partial charge >= 0.3 is 5.97 Å². The van der Waals surface area contributed by atoms with Gasteiger partial charge in [-0.2, -0.15) is 0 Å². The van der Waals surface area contributed by atoms with Gasteiger partial charge in [-0.3, -0.25) is 9.78 Å². The Balaban J connectivity index is 2.16. The molecular weight excluding hydrogens is 226 g/mol. The molecule has 0 saturated heterocycles. The lowest BCUT2D eigenvalue weighted by molar-refractivity contribution is -0.137. The minimum absolute atomic E-state index is 0.280. The fourth-order valence-corrected chi connectivity index (χ4v) is 1.76. The third-order valence-electron chi connectivity index (χ3n) is 2.87. The van der Waals surface area contributed by atoms with Crippen LogP contribution in [0, 0.1) is 0 Å². The number of carbonyl (C=O) groups is 1. The third kappa shape index (κ3) is 6.84. The van der Waals surface area contributed by atoms with Gasteiger partial charge in [-0.05, 0) is 50.7 Å². The molecule has 3 nitrogen and oxygen atoms in total. The summed E-state index contributed by atoms with van der Waals surface area (Å²) in [5.41, 5.74) is 2.63. The van der Waals surface area contributed by atoms with Crippen LogP contribution in [-0.4, -0.2) is 16.1 Å². The molecule has 0 radical (unpaired) electrons.